The predicted octanol–water partition coefficient (Wildman–Crippen LogP) is 5.21. The second kappa shape index (κ2) is 9.70. The van der Waals surface area contributed by atoms with Crippen molar-refractivity contribution in [2.45, 2.75) is 17.3 Å². The Bertz CT molecular complexity index is 1320. The summed E-state index contributed by atoms with van der Waals surface area (Å²) in [5.74, 6) is 3.21. The molecule has 5 aromatic rings. The van der Waals surface area contributed by atoms with Gasteiger partial charge in [-0.3, -0.25) is 4.57 Å². The summed E-state index contributed by atoms with van der Waals surface area (Å²) in [6.07, 6.45) is 0.686. The summed E-state index contributed by atoms with van der Waals surface area (Å²) >= 11 is 1.51. The van der Waals surface area contributed by atoms with Crippen LogP contribution in [0, 0.1) is 0 Å². The zero-order valence-electron chi connectivity index (χ0n) is 18.0. The van der Waals surface area contributed by atoms with E-state index in [1.807, 2.05) is 60.7 Å². The lowest BCUT2D eigenvalue weighted by molar-refractivity contribution is 0.391. The highest BCUT2D eigenvalue weighted by molar-refractivity contribution is 7.98. The number of ether oxygens (including phenoxy) is 1. The Hall–Kier alpha value is -3.91. The van der Waals surface area contributed by atoms with Crippen molar-refractivity contribution in [3.05, 3.63) is 102 Å². The molecule has 0 atom stereocenters. The molecule has 0 aliphatic rings. The van der Waals surface area contributed by atoms with Crippen LogP contribution in [0.25, 0.3) is 17.1 Å². The first-order chi connectivity index (χ1) is 16.3. The summed E-state index contributed by atoms with van der Waals surface area (Å²) in [6.45, 7) is 0. The van der Waals surface area contributed by atoms with Gasteiger partial charge in [0.25, 0.3) is 0 Å². The van der Waals surface area contributed by atoms with Crippen molar-refractivity contribution < 1.29 is 9.26 Å². The minimum atomic E-state index is 0.486. The monoisotopic (exact) mass is 455 g/mol. The van der Waals surface area contributed by atoms with Crippen molar-refractivity contribution in [1.82, 2.24) is 24.9 Å². The van der Waals surface area contributed by atoms with Crippen LogP contribution in [0.2, 0.25) is 0 Å². The molecule has 0 aliphatic heterocycles. The van der Waals surface area contributed by atoms with Gasteiger partial charge in [-0.25, -0.2) is 0 Å². The molecule has 5 rings (SSSR count). The normalized spacial score (nSPS) is 10.9. The van der Waals surface area contributed by atoms with Gasteiger partial charge in [-0.05, 0) is 42.0 Å². The Morgan fingerprint density at radius 1 is 0.879 bits per heavy atom. The Kier molecular flexibility index (Phi) is 6.16. The van der Waals surface area contributed by atoms with E-state index in [4.69, 9.17) is 9.26 Å². The number of rotatable bonds is 8. The van der Waals surface area contributed by atoms with Crippen molar-refractivity contribution in [1.29, 1.82) is 0 Å². The highest BCUT2D eigenvalue weighted by Gasteiger charge is 2.17. The molecule has 0 bridgehead atoms. The third-order valence-electron chi connectivity index (χ3n) is 5.06. The van der Waals surface area contributed by atoms with Gasteiger partial charge in [0.15, 0.2) is 5.16 Å². The number of nitrogens with zero attached hydrogens (tertiary/aromatic N) is 5. The van der Waals surface area contributed by atoms with E-state index in [2.05, 4.69) is 49.2 Å². The van der Waals surface area contributed by atoms with Gasteiger partial charge in [0, 0.05) is 17.7 Å². The quantitative estimate of drug-likeness (QED) is 0.297. The first-order valence-corrected chi connectivity index (χ1v) is 11.4. The van der Waals surface area contributed by atoms with Crippen LogP contribution in [0.4, 0.5) is 0 Å². The van der Waals surface area contributed by atoms with Gasteiger partial charge < -0.3 is 9.26 Å². The number of hydrogen-bond donors (Lipinski definition) is 0. The fraction of sp³-hybridized carbons (Fsp3) is 0.120. The number of aromatic nitrogens is 5. The van der Waals surface area contributed by atoms with Crippen LogP contribution in [0.5, 0.6) is 5.75 Å². The molecular weight excluding hydrogens is 434 g/mol. The fourth-order valence-electron chi connectivity index (χ4n) is 3.42. The SMILES string of the molecule is COc1ccc(-c2noc(CSc3nnc(Cc4ccccc4)n3-c3ccccc3)n2)cc1. The third-order valence-corrected chi connectivity index (χ3v) is 5.97. The molecule has 0 amide bonds. The molecule has 8 heteroatoms. The third kappa shape index (κ3) is 4.80. The fourth-order valence-corrected chi connectivity index (χ4v) is 4.23. The maximum atomic E-state index is 5.47. The maximum Gasteiger partial charge on any atom is 0.237 e. The zero-order valence-corrected chi connectivity index (χ0v) is 18.8. The van der Waals surface area contributed by atoms with E-state index >= 15 is 0 Å². The number of hydrogen-bond acceptors (Lipinski definition) is 7. The summed E-state index contributed by atoms with van der Waals surface area (Å²) in [5.41, 5.74) is 3.06. The first kappa shape index (κ1) is 21.0. The molecule has 2 aromatic heterocycles. The molecular formula is C25H21N5O2S. The summed E-state index contributed by atoms with van der Waals surface area (Å²) in [5, 5.41) is 13.8. The molecule has 0 N–H and O–H groups in total. The summed E-state index contributed by atoms with van der Waals surface area (Å²) in [7, 11) is 1.64. The number of thioether (sulfide) groups is 1. The van der Waals surface area contributed by atoms with Gasteiger partial charge in [0.2, 0.25) is 11.7 Å². The molecule has 0 saturated heterocycles. The number of para-hydroxylation sites is 1. The van der Waals surface area contributed by atoms with Crippen molar-refractivity contribution in [2.75, 3.05) is 7.11 Å². The van der Waals surface area contributed by atoms with Gasteiger partial charge in [-0.15, -0.1) is 10.2 Å². The summed E-state index contributed by atoms with van der Waals surface area (Å²) in [4.78, 5) is 4.53. The van der Waals surface area contributed by atoms with Crippen LogP contribution in [0.1, 0.15) is 17.3 Å². The molecule has 0 spiro atoms. The van der Waals surface area contributed by atoms with Crippen molar-refractivity contribution >= 4 is 11.8 Å². The van der Waals surface area contributed by atoms with E-state index in [-0.39, 0.29) is 0 Å². The highest BCUT2D eigenvalue weighted by Crippen LogP contribution is 2.27. The molecule has 3 aromatic carbocycles. The van der Waals surface area contributed by atoms with E-state index in [9.17, 15) is 0 Å². The van der Waals surface area contributed by atoms with Crippen LogP contribution >= 0.6 is 11.8 Å². The standard InChI is InChI=1S/C25H21N5O2S/c1-31-21-14-12-19(13-15-21)24-26-23(32-29-24)17-33-25-28-27-22(16-18-8-4-2-5-9-18)30(25)20-10-6-3-7-11-20/h2-15H,16-17H2,1H3. The van der Waals surface area contributed by atoms with Crippen LogP contribution in [0.3, 0.4) is 0 Å². The van der Waals surface area contributed by atoms with E-state index in [0.717, 1.165) is 28.0 Å². The molecule has 0 unspecified atom stereocenters. The highest BCUT2D eigenvalue weighted by atomic mass is 32.2. The maximum absolute atomic E-state index is 5.47. The van der Waals surface area contributed by atoms with Crippen LogP contribution < -0.4 is 4.74 Å². The zero-order chi connectivity index (χ0) is 22.5. The Balaban J connectivity index is 1.37. The second-order valence-electron chi connectivity index (χ2n) is 7.26. The molecule has 0 fully saturated rings. The van der Waals surface area contributed by atoms with Gasteiger partial charge in [-0.1, -0.05) is 65.4 Å². The van der Waals surface area contributed by atoms with E-state index < -0.39 is 0 Å². The Labute approximate surface area is 195 Å². The van der Waals surface area contributed by atoms with Crippen molar-refractivity contribution in [2.24, 2.45) is 0 Å². The number of benzene rings is 3. The summed E-state index contributed by atoms with van der Waals surface area (Å²) in [6, 6.07) is 27.9. The Morgan fingerprint density at radius 2 is 1.61 bits per heavy atom. The van der Waals surface area contributed by atoms with Crippen LogP contribution in [-0.2, 0) is 12.2 Å². The predicted molar refractivity (Wildman–Crippen MR) is 126 cm³/mol. The molecule has 0 aliphatic carbocycles. The van der Waals surface area contributed by atoms with Crippen LogP contribution in [0.15, 0.2) is 94.6 Å². The Morgan fingerprint density at radius 3 is 2.33 bits per heavy atom. The van der Waals surface area contributed by atoms with E-state index in [0.29, 0.717) is 23.9 Å². The van der Waals surface area contributed by atoms with Crippen molar-refractivity contribution in [3.8, 4) is 22.8 Å². The molecule has 0 saturated carbocycles. The molecule has 33 heavy (non-hydrogen) atoms. The van der Waals surface area contributed by atoms with Crippen molar-refractivity contribution in [3.63, 3.8) is 0 Å². The topological polar surface area (TPSA) is 78.9 Å². The average molecular weight is 456 g/mol. The second-order valence-corrected chi connectivity index (χ2v) is 8.20. The minimum absolute atomic E-state index is 0.486. The molecule has 0 radical (unpaired) electrons. The molecule has 7 nitrogen and oxygen atoms in total. The van der Waals surface area contributed by atoms with Gasteiger partial charge in [0.1, 0.15) is 11.6 Å². The lowest BCUT2D eigenvalue weighted by Crippen LogP contribution is -2.03. The summed E-state index contributed by atoms with van der Waals surface area (Å²) < 4.78 is 12.8. The molecule has 2 heterocycles. The van der Waals surface area contributed by atoms with Gasteiger partial charge in [-0.2, -0.15) is 4.98 Å². The minimum Gasteiger partial charge on any atom is -0.497 e. The average Bonchev–Trinajstić information content (AvgIpc) is 3.51. The lowest BCUT2D eigenvalue weighted by atomic mass is 10.1. The van der Waals surface area contributed by atoms with E-state index in [1.54, 1.807) is 7.11 Å². The lowest BCUT2D eigenvalue weighted by Gasteiger charge is -2.09. The van der Waals surface area contributed by atoms with Gasteiger partial charge in [0.05, 0.1) is 12.9 Å². The van der Waals surface area contributed by atoms with Gasteiger partial charge >= 0.3 is 0 Å². The first-order valence-electron chi connectivity index (χ1n) is 10.4. The largest absolute Gasteiger partial charge is 0.497 e. The number of methoxy groups -OCH3 is 1. The smallest absolute Gasteiger partial charge is 0.237 e. The molecule has 164 valence electrons. The van der Waals surface area contributed by atoms with E-state index in [1.165, 1.54) is 17.3 Å². The van der Waals surface area contributed by atoms with Crippen LogP contribution in [-0.4, -0.2) is 32.0 Å².